The summed E-state index contributed by atoms with van der Waals surface area (Å²) in [7, 11) is 0. The molecule has 2 heterocycles. The second kappa shape index (κ2) is 5.12. The van der Waals surface area contributed by atoms with Gasteiger partial charge in [-0.3, -0.25) is 4.68 Å². The zero-order chi connectivity index (χ0) is 13.1. The summed E-state index contributed by atoms with van der Waals surface area (Å²) in [6, 6.07) is 2.15. The second-order valence-corrected chi connectivity index (χ2v) is 4.44. The van der Waals surface area contributed by atoms with E-state index in [4.69, 9.17) is 5.73 Å². The van der Waals surface area contributed by atoms with E-state index < -0.39 is 0 Å². The van der Waals surface area contributed by atoms with E-state index in [2.05, 4.69) is 29.4 Å². The van der Waals surface area contributed by atoms with Gasteiger partial charge in [0.2, 0.25) is 0 Å². The first-order valence-corrected chi connectivity index (χ1v) is 6.18. The molecule has 18 heavy (non-hydrogen) atoms. The molecular formula is C12H20N6. The monoisotopic (exact) mass is 248 g/mol. The van der Waals surface area contributed by atoms with Gasteiger partial charge in [0, 0.05) is 25.0 Å². The first kappa shape index (κ1) is 12.5. The van der Waals surface area contributed by atoms with Crippen molar-refractivity contribution in [1.29, 1.82) is 0 Å². The van der Waals surface area contributed by atoms with Crippen LogP contribution in [0, 0.1) is 6.92 Å². The molecule has 0 aliphatic heterocycles. The largest absolute Gasteiger partial charge is 0.394 e. The maximum atomic E-state index is 6.03. The minimum absolute atomic E-state index is 0.230. The number of nitrogen functional groups attached to an aromatic ring is 1. The highest BCUT2D eigenvalue weighted by atomic mass is 15.3. The number of anilines is 2. The third-order valence-electron chi connectivity index (χ3n) is 2.88. The van der Waals surface area contributed by atoms with Crippen molar-refractivity contribution < 1.29 is 0 Å². The standard InChI is InChI=1S/C12H20N6/c1-4-18-12(11(13)10(3)16-18)15-9(2)8-17-7-5-6-14-17/h5-7,9,15H,4,8,13H2,1-3H3. The number of nitrogens with zero attached hydrogens (tertiary/aromatic N) is 4. The molecule has 0 aliphatic carbocycles. The van der Waals surface area contributed by atoms with E-state index >= 15 is 0 Å². The molecule has 0 saturated heterocycles. The van der Waals surface area contributed by atoms with Crippen molar-refractivity contribution in [2.75, 3.05) is 11.1 Å². The lowest BCUT2D eigenvalue weighted by Crippen LogP contribution is -2.24. The lowest BCUT2D eigenvalue weighted by Gasteiger charge is -2.16. The molecule has 2 aromatic heterocycles. The van der Waals surface area contributed by atoms with Gasteiger partial charge in [-0.2, -0.15) is 10.2 Å². The van der Waals surface area contributed by atoms with Gasteiger partial charge in [-0.15, -0.1) is 0 Å². The van der Waals surface area contributed by atoms with Crippen molar-refractivity contribution in [1.82, 2.24) is 19.6 Å². The molecule has 6 nitrogen and oxygen atoms in total. The van der Waals surface area contributed by atoms with Gasteiger partial charge in [0.25, 0.3) is 0 Å². The van der Waals surface area contributed by atoms with Crippen molar-refractivity contribution in [3.63, 3.8) is 0 Å². The summed E-state index contributed by atoms with van der Waals surface area (Å²) < 4.78 is 3.79. The maximum Gasteiger partial charge on any atom is 0.148 e. The molecule has 98 valence electrons. The van der Waals surface area contributed by atoms with Crippen LogP contribution in [0.5, 0.6) is 0 Å². The number of aromatic nitrogens is 4. The molecular weight excluding hydrogens is 228 g/mol. The first-order chi connectivity index (χ1) is 8.61. The Bertz CT molecular complexity index is 499. The van der Waals surface area contributed by atoms with Crippen molar-refractivity contribution in [2.45, 2.75) is 39.9 Å². The topological polar surface area (TPSA) is 73.7 Å². The normalized spacial score (nSPS) is 12.6. The zero-order valence-electron chi connectivity index (χ0n) is 11.1. The fraction of sp³-hybridized carbons (Fsp3) is 0.500. The molecule has 2 aromatic rings. The van der Waals surface area contributed by atoms with Crippen LogP contribution in [0.15, 0.2) is 18.5 Å². The van der Waals surface area contributed by atoms with Gasteiger partial charge < -0.3 is 11.1 Å². The van der Waals surface area contributed by atoms with Gasteiger partial charge in [0.15, 0.2) is 0 Å². The zero-order valence-corrected chi connectivity index (χ0v) is 11.1. The minimum atomic E-state index is 0.230. The first-order valence-electron chi connectivity index (χ1n) is 6.18. The van der Waals surface area contributed by atoms with Crippen molar-refractivity contribution in [3.05, 3.63) is 24.2 Å². The van der Waals surface area contributed by atoms with Gasteiger partial charge in [-0.25, -0.2) is 4.68 Å². The van der Waals surface area contributed by atoms with Crippen molar-refractivity contribution in [3.8, 4) is 0 Å². The van der Waals surface area contributed by atoms with E-state index in [1.54, 1.807) is 6.20 Å². The highest BCUT2D eigenvalue weighted by Crippen LogP contribution is 2.22. The Morgan fingerprint density at radius 2 is 2.28 bits per heavy atom. The molecule has 2 rings (SSSR count). The molecule has 0 spiro atoms. The number of hydrogen-bond donors (Lipinski definition) is 2. The van der Waals surface area contributed by atoms with E-state index in [-0.39, 0.29) is 6.04 Å². The molecule has 0 amide bonds. The van der Waals surface area contributed by atoms with Crippen LogP contribution in [0.2, 0.25) is 0 Å². The van der Waals surface area contributed by atoms with Gasteiger partial charge in [0.1, 0.15) is 5.82 Å². The molecule has 0 fully saturated rings. The van der Waals surface area contributed by atoms with Crippen LogP contribution in [0.3, 0.4) is 0 Å². The lowest BCUT2D eigenvalue weighted by molar-refractivity contribution is 0.553. The molecule has 0 saturated carbocycles. The van der Waals surface area contributed by atoms with E-state index in [1.807, 2.05) is 28.6 Å². The maximum absolute atomic E-state index is 6.03. The Labute approximate surface area is 107 Å². The number of nitrogens with two attached hydrogens (primary N) is 1. The fourth-order valence-corrected chi connectivity index (χ4v) is 1.94. The summed E-state index contributed by atoms with van der Waals surface area (Å²) in [5, 5.41) is 12.0. The molecule has 0 radical (unpaired) electrons. The Hall–Kier alpha value is -1.98. The van der Waals surface area contributed by atoms with E-state index in [0.717, 1.165) is 30.3 Å². The summed E-state index contributed by atoms with van der Waals surface area (Å²) in [5.74, 6) is 0.898. The smallest absolute Gasteiger partial charge is 0.148 e. The number of rotatable bonds is 5. The minimum Gasteiger partial charge on any atom is -0.394 e. The average Bonchev–Trinajstić information content (AvgIpc) is 2.92. The predicted molar refractivity (Wildman–Crippen MR) is 72.4 cm³/mol. The van der Waals surface area contributed by atoms with Crippen LogP contribution in [0.1, 0.15) is 19.5 Å². The van der Waals surface area contributed by atoms with E-state index in [0.29, 0.717) is 0 Å². The highest BCUT2D eigenvalue weighted by Gasteiger charge is 2.13. The van der Waals surface area contributed by atoms with E-state index in [1.165, 1.54) is 0 Å². The summed E-state index contributed by atoms with van der Waals surface area (Å²) in [6.07, 6.45) is 3.73. The SMILES string of the molecule is CCn1nc(C)c(N)c1NC(C)Cn1cccn1. The number of hydrogen-bond acceptors (Lipinski definition) is 4. The van der Waals surface area contributed by atoms with Crippen LogP contribution >= 0.6 is 0 Å². The predicted octanol–water partition coefficient (Wildman–Crippen LogP) is 1.49. The second-order valence-electron chi connectivity index (χ2n) is 4.44. The molecule has 0 aromatic carbocycles. The van der Waals surface area contributed by atoms with Gasteiger partial charge in [-0.1, -0.05) is 0 Å². The lowest BCUT2D eigenvalue weighted by atomic mass is 10.3. The summed E-state index contributed by atoms with van der Waals surface area (Å²) in [4.78, 5) is 0. The third-order valence-corrected chi connectivity index (χ3v) is 2.88. The summed E-state index contributed by atoms with van der Waals surface area (Å²) >= 11 is 0. The van der Waals surface area contributed by atoms with Gasteiger partial charge in [-0.05, 0) is 26.8 Å². The Morgan fingerprint density at radius 3 is 2.89 bits per heavy atom. The molecule has 6 heteroatoms. The fourth-order valence-electron chi connectivity index (χ4n) is 1.94. The Morgan fingerprint density at radius 1 is 1.50 bits per heavy atom. The molecule has 3 N–H and O–H groups in total. The van der Waals surface area contributed by atoms with E-state index in [9.17, 15) is 0 Å². The average molecular weight is 248 g/mol. The molecule has 0 aliphatic rings. The Kier molecular flexibility index (Phi) is 3.55. The molecule has 0 bridgehead atoms. The van der Waals surface area contributed by atoms with Crippen LogP contribution < -0.4 is 11.1 Å². The van der Waals surface area contributed by atoms with Crippen LogP contribution in [0.4, 0.5) is 11.5 Å². The third kappa shape index (κ3) is 2.47. The summed E-state index contributed by atoms with van der Waals surface area (Å²) in [6.45, 7) is 7.67. The molecule has 1 unspecified atom stereocenters. The van der Waals surface area contributed by atoms with Gasteiger partial charge in [0.05, 0.1) is 17.9 Å². The van der Waals surface area contributed by atoms with Crippen LogP contribution in [-0.4, -0.2) is 25.6 Å². The summed E-state index contributed by atoms with van der Waals surface area (Å²) in [5.41, 5.74) is 7.62. The highest BCUT2D eigenvalue weighted by molar-refractivity contribution is 5.65. The number of aryl methyl sites for hydroxylation is 2. The van der Waals surface area contributed by atoms with Crippen LogP contribution in [-0.2, 0) is 13.1 Å². The molecule has 1 atom stereocenters. The van der Waals surface area contributed by atoms with Crippen molar-refractivity contribution in [2.24, 2.45) is 0 Å². The van der Waals surface area contributed by atoms with Gasteiger partial charge >= 0.3 is 0 Å². The van der Waals surface area contributed by atoms with Crippen molar-refractivity contribution >= 4 is 11.5 Å². The quantitative estimate of drug-likeness (QED) is 0.840. The number of nitrogens with one attached hydrogen (secondary N) is 1. The Balaban J connectivity index is 2.09. The van der Waals surface area contributed by atoms with Crippen LogP contribution in [0.25, 0.3) is 0 Å².